The molecule has 3 heterocycles. The minimum absolute atomic E-state index is 0.00823. The number of fused-ring (bicyclic) bond motifs is 1. The fourth-order valence-corrected chi connectivity index (χ4v) is 3.77. The minimum Gasteiger partial charge on any atom is -0.369 e. The summed E-state index contributed by atoms with van der Waals surface area (Å²) in [6.07, 6.45) is 3.25. The fourth-order valence-electron chi connectivity index (χ4n) is 2.78. The van der Waals surface area contributed by atoms with Crippen LogP contribution >= 0.6 is 11.3 Å². The number of anilines is 1. The lowest BCUT2D eigenvalue weighted by molar-refractivity contribution is -0.122. The minimum atomic E-state index is -0.181. The van der Waals surface area contributed by atoms with Crippen LogP contribution in [0.5, 0.6) is 0 Å². The van der Waals surface area contributed by atoms with Crippen molar-refractivity contribution in [2.45, 2.75) is 26.7 Å². The number of carbonyl (C=O) groups excluding carboxylic acids is 1. The molecule has 1 amide bonds. The molecular formula is C14H18N4OS. The lowest BCUT2D eigenvalue weighted by Crippen LogP contribution is -2.39. The molecule has 0 saturated carbocycles. The number of piperidine rings is 1. The molecule has 1 aliphatic rings. The van der Waals surface area contributed by atoms with Crippen LogP contribution in [-0.2, 0) is 4.79 Å². The second-order valence-corrected chi connectivity index (χ2v) is 6.53. The summed E-state index contributed by atoms with van der Waals surface area (Å²) in [6.45, 7) is 5.89. The van der Waals surface area contributed by atoms with Crippen LogP contribution in [0, 0.1) is 19.8 Å². The van der Waals surface area contributed by atoms with Crippen molar-refractivity contribution in [2.75, 3.05) is 18.0 Å². The van der Waals surface area contributed by atoms with E-state index >= 15 is 0 Å². The zero-order chi connectivity index (χ0) is 14.3. The molecule has 2 aromatic heterocycles. The van der Waals surface area contributed by atoms with E-state index in [1.54, 1.807) is 17.7 Å². The van der Waals surface area contributed by atoms with Gasteiger partial charge in [0.05, 0.1) is 5.39 Å². The summed E-state index contributed by atoms with van der Waals surface area (Å²) < 4.78 is 0. The smallest absolute Gasteiger partial charge is 0.220 e. The van der Waals surface area contributed by atoms with E-state index in [0.717, 1.165) is 42.0 Å². The van der Waals surface area contributed by atoms with Gasteiger partial charge in [0.2, 0.25) is 5.91 Å². The first-order valence-corrected chi connectivity index (χ1v) is 7.64. The Morgan fingerprint density at radius 1 is 1.35 bits per heavy atom. The van der Waals surface area contributed by atoms with Crippen molar-refractivity contribution in [2.24, 2.45) is 11.7 Å². The van der Waals surface area contributed by atoms with Crippen LogP contribution in [0.25, 0.3) is 10.2 Å². The highest BCUT2D eigenvalue weighted by molar-refractivity contribution is 7.18. The molecule has 3 rings (SSSR count). The van der Waals surface area contributed by atoms with E-state index in [-0.39, 0.29) is 11.8 Å². The molecule has 5 nitrogen and oxygen atoms in total. The van der Waals surface area contributed by atoms with Crippen LogP contribution in [0.4, 0.5) is 5.82 Å². The van der Waals surface area contributed by atoms with Crippen molar-refractivity contribution in [3.05, 3.63) is 16.8 Å². The van der Waals surface area contributed by atoms with Gasteiger partial charge in [-0.05, 0) is 32.3 Å². The Bertz CT molecular complexity index is 658. The van der Waals surface area contributed by atoms with Gasteiger partial charge in [0, 0.05) is 23.9 Å². The standard InChI is InChI=1S/C14H18N4OS/c1-8-9(2)20-14-11(8)13(16-7-17-14)18-5-3-10(4-6-18)12(15)19/h7,10H,3-6H2,1-2H3,(H2,15,19). The molecule has 0 atom stereocenters. The largest absolute Gasteiger partial charge is 0.369 e. The first-order valence-electron chi connectivity index (χ1n) is 6.83. The van der Waals surface area contributed by atoms with Gasteiger partial charge in [0.15, 0.2) is 0 Å². The number of carbonyl (C=O) groups is 1. The fraction of sp³-hybridized carbons (Fsp3) is 0.500. The van der Waals surface area contributed by atoms with Crippen LogP contribution in [-0.4, -0.2) is 29.0 Å². The predicted molar refractivity (Wildman–Crippen MR) is 81.0 cm³/mol. The number of thiophene rings is 1. The molecule has 1 saturated heterocycles. The number of hydrogen-bond acceptors (Lipinski definition) is 5. The van der Waals surface area contributed by atoms with Crippen LogP contribution in [0.3, 0.4) is 0 Å². The summed E-state index contributed by atoms with van der Waals surface area (Å²) in [5.74, 6) is 0.827. The van der Waals surface area contributed by atoms with Gasteiger partial charge in [0.25, 0.3) is 0 Å². The first kappa shape index (κ1) is 13.3. The molecule has 0 radical (unpaired) electrons. The summed E-state index contributed by atoms with van der Waals surface area (Å²) in [7, 11) is 0. The monoisotopic (exact) mass is 290 g/mol. The highest BCUT2D eigenvalue weighted by Gasteiger charge is 2.25. The summed E-state index contributed by atoms with van der Waals surface area (Å²) >= 11 is 1.71. The number of nitrogens with zero attached hydrogens (tertiary/aromatic N) is 3. The average molecular weight is 290 g/mol. The summed E-state index contributed by atoms with van der Waals surface area (Å²) in [5.41, 5.74) is 6.65. The van der Waals surface area contributed by atoms with Gasteiger partial charge < -0.3 is 10.6 Å². The van der Waals surface area contributed by atoms with Crippen LogP contribution in [0.1, 0.15) is 23.3 Å². The van der Waals surface area contributed by atoms with E-state index in [0.29, 0.717) is 0 Å². The van der Waals surface area contributed by atoms with E-state index in [1.165, 1.54) is 10.4 Å². The van der Waals surface area contributed by atoms with Crippen molar-refractivity contribution in [3.8, 4) is 0 Å². The van der Waals surface area contributed by atoms with Crippen molar-refractivity contribution >= 4 is 33.3 Å². The predicted octanol–water partition coefficient (Wildman–Crippen LogP) is 2.01. The Morgan fingerprint density at radius 3 is 2.70 bits per heavy atom. The maximum absolute atomic E-state index is 11.2. The zero-order valence-corrected chi connectivity index (χ0v) is 12.5. The Balaban J connectivity index is 1.94. The molecule has 20 heavy (non-hydrogen) atoms. The normalized spacial score (nSPS) is 16.8. The Hall–Kier alpha value is -1.69. The molecule has 0 aliphatic carbocycles. The number of primary amides is 1. The Morgan fingerprint density at radius 2 is 2.05 bits per heavy atom. The maximum atomic E-state index is 11.2. The second kappa shape index (κ2) is 5.01. The van der Waals surface area contributed by atoms with Gasteiger partial charge in [-0.2, -0.15) is 0 Å². The maximum Gasteiger partial charge on any atom is 0.220 e. The van der Waals surface area contributed by atoms with Crippen LogP contribution < -0.4 is 10.6 Å². The van der Waals surface area contributed by atoms with Gasteiger partial charge in [-0.15, -0.1) is 11.3 Å². The number of hydrogen-bond donors (Lipinski definition) is 1. The number of rotatable bonds is 2. The van der Waals surface area contributed by atoms with E-state index in [9.17, 15) is 4.79 Å². The van der Waals surface area contributed by atoms with E-state index in [1.807, 2.05) is 0 Å². The number of aromatic nitrogens is 2. The van der Waals surface area contributed by atoms with E-state index in [2.05, 4.69) is 28.7 Å². The summed E-state index contributed by atoms with van der Waals surface area (Å²) in [5, 5.41) is 1.16. The lowest BCUT2D eigenvalue weighted by Gasteiger charge is -2.31. The topological polar surface area (TPSA) is 72.1 Å². The molecule has 1 fully saturated rings. The molecular weight excluding hydrogens is 272 g/mol. The Labute approximate surface area is 121 Å². The molecule has 106 valence electrons. The van der Waals surface area contributed by atoms with Crippen molar-refractivity contribution < 1.29 is 4.79 Å². The molecule has 0 bridgehead atoms. The lowest BCUT2D eigenvalue weighted by atomic mass is 9.96. The van der Waals surface area contributed by atoms with Crippen molar-refractivity contribution in [3.63, 3.8) is 0 Å². The van der Waals surface area contributed by atoms with E-state index < -0.39 is 0 Å². The summed E-state index contributed by atoms with van der Waals surface area (Å²) in [4.78, 5) is 24.7. The molecule has 0 spiro atoms. The van der Waals surface area contributed by atoms with E-state index in [4.69, 9.17) is 5.73 Å². The zero-order valence-electron chi connectivity index (χ0n) is 11.7. The highest BCUT2D eigenvalue weighted by Crippen LogP contribution is 2.35. The molecule has 2 aromatic rings. The van der Waals surface area contributed by atoms with Crippen molar-refractivity contribution in [1.29, 1.82) is 0 Å². The molecule has 2 N–H and O–H groups in total. The third-order valence-corrected chi connectivity index (χ3v) is 5.26. The van der Waals surface area contributed by atoms with Crippen LogP contribution in [0.15, 0.2) is 6.33 Å². The van der Waals surface area contributed by atoms with Gasteiger partial charge in [-0.25, -0.2) is 9.97 Å². The first-order chi connectivity index (χ1) is 9.58. The number of amides is 1. The Kier molecular flexibility index (Phi) is 3.33. The van der Waals surface area contributed by atoms with Gasteiger partial charge in [-0.3, -0.25) is 4.79 Å². The average Bonchev–Trinajstić information content (AvgIpc) is 2.74. The third-order valence-electron chi connectivity index (χ3n) is 4.14. The van der Waals surface area contributed by atoms with Gasteiger partial charge in [0.1, 0.15) is 17.0 Å². The second-order valence-electron chi connectivity index (χ2n) is 5.32. The molecule has 6 heteroatoms. The number of nitrogens with two attached hydrogens (primary N) is 1. The molecule has 1 aliphatic heterocycles. The SMILES string of the molecule is Cc1sc2ncnc(N3CCC(C(N)=O)CC3)c2c1C. The van der Waals surface area contributed by atoms with Crippen molar-refractivity contribution in [1.82, 2.24) is 9.97 Å². The molecule has 0 aromatic carbocycles. The highest BCUT2D eigenvalue weighted by atomic mass is 32.1. The third kappa shape index (κ3) is 2.14. The van der Waals surface area contributed by atoms with Gasteiger partial charge in [-0.1, -0.05) is 0 Å². The quantitative estimate of drug-likeness (QED) is 0.918. The van der Waals surface area contributed by atoms with Crippen LogP contribution in [0.2, 0.25) is 0 Å². The molecule has 0 unspecified atom stereocenters. The summed E-state index contributed by atoms with van der Waals surface area (Å²) in [6, 6.07) is 0. The van der Waals surface area contributed by atoms with Gasteiger partial charge >= 0.3 is 0 Å². The number of aryl methyl sites for hydroxylation is 2.